The highest BCUT2D eigenvalue weighted by molar-refractivity contribution is 6.05. The Morgan fingerprint density at radius 1 is 1.53 bits per heavy atom. The standard InChI is InChI=1S/C13H16O2/c1-9-12-8-10(6-7-14)2-3-11(12)4-5-13(9)15/h4-5,8,11,14H,2-3,6-7H2,1H3. The summed E-state index contributed by atoms with van der Waals surface area (Å²) in [5, 5.41) is 8.89. The Bertz CT molecular complexity index is 372. The Morgan fingerprint density at radius 2 is 2.33 bits per heavy atom. The van der Waals surface area contributed by atoms with Crippen LogP contribution < -0.4 is 0 Å². The van der Waals surface area contributed by atoms with Gasteiger partial charge < -0.3 is 5.11 Å². The fourth-order valence-electron chi connectivity index (χ4n) is 2.29. The molecule has 0 fully saturated rings. The number of aliphatic hydroxyl groups excluding tert-OH is 1. The van der Waals surface area contributed by atoms with Gasteiger partial charge in [-0.25, -0.2) is 0 Å². The summed E-state index contributed by atoms with van der Waals surface area (Å²) in [5.74, 6) is 0.549. The lowest BCUT2D eigenvalue weighted by Gasteiger charge is -2.26. The molecule has 2 heteroatoms. The second kappa shape index (κ2) is 4.15. The molecule has 2 nitrogen and oxygen atoms in total. The third-order valence-corrected chi connectivity index (χ3v) is 3.25. The molecular weight excluding hydrogens is 188 g/mol. The van der Waals surface area contributed by atoms with Crippen molar-refractivity contribution in [3.63, 3.8) is 0 Å². The first-order chi connectivity index (χ1) is 7.22. The van der Waals surface area contributed by atoms with Gasteiger partial charge in [-0.15, -0.1) is 0 Å². The normalized spacial score (nSPS) is 25.3. The number of carbonyl (C=O) groups is 1. The number of carbonyl (C=O) groups excluding carboxylic acids is 1. The van der Waals surface area contributed by atoms with E-state index < -0.39 is 0 Å². The van der Waals surface area contributed by atoms with E-state index in [2.05, 4.69) is 6.08 Å². The van der Waals surface area contributed by atoms with Crippen LogP contribution in [0.25, 0.3) is 0 Å². The Labute approximate surface area is 90.0 Å². The average Bonchev–Trinajstić information content (AvgIpc) is 2.25. The van der Waals surface area contributed by atoms with E-state index in [1.807, 2.05) is 13.0 Å². The summed E-state index contributed by atoms with van der Waals surface area (Å²) in [7, 11) is 0. The zero-order valence-electron chi connectivity index (χ0n) is 8.99. The number of ketones is 1. The predicted octanol–water partition coefficient (Wildman–Crippen LogP) is 2.16. The number of hydrogen-bond donors (Lipinski definition) is 1. The van der Waals surface area contributed by atoms with Crippen LogP contribution in [0.1, 0.15) is 26.2 Å². The fraction of sp³-hybridized carbons (Fsp3) is 0.462. The average molecular weight is 204 g/mol. The van der Waals surface area contributed by atoms with Gasteiger partial charge in [-0.1, -0.05) is 17.7 Å². The molecule has 2 aliphatic rings. The van der Waals surface area contributed by atoms with Crippen LogP contribution in [0.5, 0.6) is 0 Å². The molecule has 0 aromatic carbocycles. The molecule has 0 amide bonds. The smallest absolute Gasteiger partial charge is 0.181 e. The Morgan fingerprint density at radius 3 is 3.07 bits per heavy atom. The van der Waals surface area contributed by atoms with E-state index >= 15 is 0 Å². The highest BCUT2D eigenvalue weighted by atomic mass is 16.2. The van der Waals surface area contributed by atoms with Crippen molar-refractivity contribution in [2.24, 2.45) is 5.92 Å². The van der Waals surface area contributed by atoms with Gasteiger partial charge in [0.1, 0.15) is 0 Å². The largest absolute Gasteiger partial charge is 0.396 e. The van der Waals surface area contributed by atoms with Gasteiger partial charge in [0.2, 0.25) is 0 Å². The van der Waals surface area contributed by atoms with E-state index in [0.29, 0.717) is 5.92 Å². The van der Waals surface area contributed by atoms with Crippen LogP contribution in [-0.4, -0.2) is 17.5 Å². The van der Waals surface area contributed by atoms with Crippen LogP contribution in [0.2, 0.25) is 0 Å². The third-order valence-electron chi connectivity index (χ3n) is 3.25. The van der Waals surface area contributed by atoms with Gasteiger partial charge in [0, 0.05) is 18.1 Å². The summed E-state index contributed by atoms with van der Waals surface area (Å²) in [5.41, 5.74) is 3.31. The summed E-state index contributed by atoms with van der Waals surface area (Å²) in [6.07, 6.45) is 8.66. The molecule has 0 aromatic heterocycles. The van der Waals surface area contributed by atoms with Crippen molar-refractivity contribution in [1.82, 2.24) is 0 Å². The monoisotopic (exact) mass is 204 g/mol. The van der Waals surface area contributed by atoms with Crippen LogP contribution >= 0.6 is 0 Å². The summed E-state index contributed by atoms with van der Waals surface area (Å²) < 4.78 is 0. The van der Waals surface area contributed by atoms with Crippen molar-refractivity contribution in [3.8, 4) is 0 Å². The zero-order chi connectivity index (χ0) is 10.8. The van der Waals surface area contributed by atoms with Crippen LogP contribution in [-0.2, 0) is 4.79 Å². The minimum Gasteiger partial charge on any atom is -0.396 e. The lowest BCUT2D eigenvalue weighted by molar-refractivity contribution is -0.111. The molecule has 0 saturated heterocycles. The zero-order valence-corrected chi connectivity index (χ0v) is 8.99. The summed E-state index contributed by atoms with van der Waals surface area (Å²) in [6, 6.07) is 0. The maximum absolute atomic E-state index is 11.5. The van der Waals surface area contributed by atoms with E-state index in [4.69, 9.17) is 5.11 Å². The quantitative estimate of drug-likeness (QED) is 0.748. The molecule has 1 N–H and O–H groups in total. The molecule has 0 bridgehead atoms. The molecule has 2 rings (SSSR count). The van der Waals surface area contributed by atoms with Crippen molar-refractivity contribution >= 4 is 5.78 Å². The molecule has 15 heavy (non-hydrogen) atoms. The first-order valence-corrected chi connectivity index (χ1v) is 5.46. The lowest BCUT2D eigenvalue weighted by atomic mass is 9.78. The lowest BCUT2D eigenvalue weighted by Crippen LogP contribution is -2.16. The molecule has 0 heterocycles. The molecule has 1 atom stereocenters. The Hall–Kier alpha value is -1.15. The first kappa shape index (κ1) is 10.4. The van der Waals surface area contributed by atoms with Crippen molar-refractivity contribution in [2.45, 2.75) is 26.2 Å². The minimum atomic E-state index is 0.128. The molecule has 0 aromatic rings. The molecule has 0 radical (unpaired) electrons. The molecular formula is C13H16O2. The van der Waals surface area contributed by atoms with E-state index in [0.717, 1.165) is 30.4 Å². The second-order valence-corrected chi connectivity index (χ2v) is 4.23. The predicted molar refractivity (Wildman–Crippen MR) is 59.4 cm³/mol. The summed E-state index contributed by atoms with van der Waals surface area (Å²) in [4.78, 5) is 11.5. The van der Waals surface area contributed by atoms with E-state index in [-0.39, 0.29) is 12.4 Å². The van der Waals surface area contributed by atoms with Crippen molar-refractivity contribution in [1.29, 1.82) is 0 Å². The maximum Gasteiger partial charge on any atom is 0.181 e. The minimum absolute atomic E-state index is 0.128. The Kier molecular flexibility index (Phi) is 2.87. The first-order valence-electron chi connectivity index (χ1n) is 5.46. The Balaban J connectivity index is 2.31. The van der Waals surface area contributed by atoms with Crippen LogP contribution in [0.4, 0.5) is 0 Å². The molecule has 2 aliphatic carbocycles. The van der Waals surface area contributed by atoms with Gasteiger partial charge in [0.15, 0.2) is 5.78 Å². The van der Waals surface area contributed by atoms with Crippen LogP contribution in [0, 0.1) is 5.92 Å². The molecule has 1 unspecified atom stereocenters. The second-order valence-electron chi connectivity index (χ2n) is 4.23. The number of fused-ring (bicyclic) bond motifs is 1. The number of allylic oxidation sites excluding steroid dienone is 5. The van der Waals surface area contributed by atoms with E-state index in [1.165, 1.54) is 5.57 Å². The fourth-order valence-corrected chi connectivity index (χ4v) is 2.29. The van der Waals surface area contributed by atoms with Gasteiger partial charge in [-0.2, -0.15) is 0 Å². The topological polar surface area (TPSA) is 37.3 Å². The van der Waals surface area contributed by atoms with E-state index in [9.17, 15) is 4.79 Å². The highest BCUT2D eigenvalue weighted by Gasteiger charge is 2.23. The van der Waals surface area contributed by atoms with Crippen LogP contribution in [0.3, 0.4) is 0 Å². The molecule has 0 saturated carbocycles. The van der Waals surface area contributed by atoms with Crippen molar-refractivity contribution in [3.05, 3.63) is 34.9 Å². The summed E-state index contributed by atoms with van der Waals surface area (Å²) >= 11 is 0. The van der Waals surface area contributed by atoms with Crippen LogP contribution in [0.15, 0.2) is 34.9 Å². The van der Waals surface area contributed by atoms with E-state index in [1.54, 1.807) is 6.08 Å². The molecule has 0 spiro atoms. The number of rotatable bonds is 2. The van der Waals surface area contributed by atoms with Crippen molar-refractivity contribution < 1.29 is 9.90 Å². The summed E-state index contributed by atoms with van der Waals surface area (Å²) in [6.45, 7) is 2.10. The van der Waals surface area contributed by atoms with Gasteiger partial charge in [-0.3, -0.25) is 4.79 Å². The van der Waals surface area contributed by atoms with Crippen molar-refractivity contribution in [2.75, 3.05) is 6.61 Å². The molecule has 80 valence electrons. The molecule has 0 aliphatic heterocycles. The third kappa shape index (κ3) is 1.95. The number of hydrogen-bond acceptors (Lipinski definition) is 2. The van der Waals surface area contributed by atoms with Gasteiger partial charge in [0.05, 0.1) is 0 Å². The maximum atomic E-state index is 11.5. The number of aliphatic hydroxyl groups is 1. The highest BCUT2D eigenvalue weighted by Crippen LogP contribution is 2.35. The SMILES string of the molecule is CC1=C2C=C(CCO)CCC2C=CC1=O. The van der Waals surface area contributed by atoms with Gasteiger partial charge in [-0.05, 0) is 37.8 Å². The van der Waals surface area contributed by atoms with Gasteiger partial charge in [0.25, 0.3) is 0 Å². The van der Waals surface area contributed by atoms with Gasteiger partial charge >= 0.3 is 0 Å².